The number of aromatic nitrogens is 2. The van der Waals surface area contributed by atoms with Gasteiger partial charge in [-0.3, -0.25) is 4.98 Å². The maximum Gasteiger partial charge on any atom is 0.268 e. The van der Waals surface area contributed by atoms with Gasteiger partial charge in [-0.05, 0) is 57.4 Å². The first-order chi connectivity index (χ1) is 18.1. The zero-order valence-electron chi connectivity index (χ0n) is 21.3. The standard InChI is InChI=1S/C28H28F2N2O5S/c1-18-7-9-23(10-8-18)38(34,35)32-17-21(6-4-5-19(2)33)24-14-28(26(30)15-27(24)32)37-12-11-36-22-13-25(29)20(3)31-16-22/h7-10,13-17H,4-6,11-12H2,1-3H3. The van der Waals surface area contributed by atoms with Crippen LogP contribution in [0.25, 0.3) is 10.9 Å². The van der Waals surface area contributed by atoms with E-state index in [0.717, 1.165) is 15.6 Å². The van der Waals surface area contributed by atoms with Crippen molar-refractivity contribution < 1.29 is 31.5 Å². The van der Waals surface area contributed by atoms with Crippen molar-refractivity contribution in [1.29, 1.82) is 0 Å². The average Bonchev–Trinajstić information content (AvgIpc) is 3.22. The first-order valence-electron chi connectivity index (χ1n) is 12.1. The van der Waals surface area contributed by atoms with E-state index in [0.29, 0.717) is 30.2 Å². The molecule has 38 heavy (non-hydrogen) atoms. The van der Waals surface area contributed by atoms with Crippen LogP contribution in [0.3, 0.4) is 0 Å². The van der Waals surface area contributed by atoms with Crippen LogP contribution in [-0.4, -0.2) is 36.4 Å². The molecule has 7 nitrogen and oxygen atoms in total. The van der Waals surface area contributed by atoms with Crippen molar-refractivity contribution in [1.82, 2.24) is 8.96 Å². The molecule has 200 valence electrons. The van der Waals surface area contributed by atoms with Gasteiger partial charge in [0.05, 0.1) is 22.3 Å². The molecule has 0 aliphatic carbocycles. The molecule has 0 spiro atoms. The summed E-state index contributed by atoms with van der Waals surface area (Å²) in [5.74, 6) is -1.07. The van der Waals surface area contributed by atoms with E-state index in [4.69, 9.17) is 9.47 Å². The molecule has 2 aromatic heterocycles. The summed E-state index contributed by atoms with van der Waals surface area (Å²) in [5.41, 5.74) is 1.98. The smallest absolute Gasteiger partial charge is 0.268 e. The highest BCUT2D eigenvalue weighted by Crippen LogP contribution is 2.32. The Hall–Kier alpha value is -3.79. The van der Waals surface area contributed by atoms with E-state index in [1.165, 1.54) is 50.5 Å². The number of ether oxygens (including phenoxy) is 2. The van der Waals surface area contributed by atoms with Crippen LogP contribution >= 0.6 is 0 Å². The summed E-state index contributed by atoms with van der Waals surface area (Å²) in [6.07, 6.45) is 4.14. The fourth-order valence-electron chi connectivity index (χ4n) is 4.00. The average molecular weight is 543 g/mol. The first kappa shape index (κ1) is 27.3. The van der Waals surface area contributed by atoms with Gasteiger partial charge < -0.3 is 14.3 Å². The molecule has 0 bridgehead atoms. The van der Waals surface area contributed by atoms with Gasteiger partial charge in [0.15, 0.2) is 11.6 Å². The Morgan fingerprint density at radius 1 is 1.00 bits per heavy atom. The van der Waals surface area contributed by atoms with Crippen LogP contribution in [0.15, 0.2) is 59.8 Å². The third-order valence-corrected chi connectivity index (χ3v) is 7.76. The second kappa shape index (κ2) is 11.3. The van der Waals surface area contributed by atoms with Crippen LogP contribution in [0.5, 0.6) is 11.5 Å². The largest absolute Gasteiger partial charge is 0.488 e. The summed E-state index contributed by atoms with van der Waals surface area (Å²) in [5, 5.41) is 0.506. The lowest BCUT2D eigenvalue weighted by Gasteiger charge is -2.11. The molecule has 0 amide bonds. The van der Waals surface area contributed by atoms with E-state index in [1.807, 2.05) is 6.92 Å². The fraction of sp³-hybridized carbons (Fsp3) is 0.286. The summed E-state index contributed by atoms with van der Waals surface area (Å²) in [4.78, 5) is 15.4. The van der Waals surface area contributed by atoms with E-state index >= 15 is 4.39 Å². The summed E-state index contributed by atoms with van der Waals surface area (Å²) in [6, 6.07) is 10.2. The number of fused-ring (bicyclic) bond motifs is 1. The molecule has 4 aromatic rings. The molecule has 0 saturated carbocycles. The third-order valence-electron chi connectivity index (χ3n) is 6.07. The minimum absolute atomic E-state index is 0.00986. The van der Waals surface area contributed by atoms with Crippen molar-refractivity contribution in [3.05, 3.63) is 83.3 Å². The number of hydrogen-bond acceptors (Lipinski definition) is 6. The van der Waals surface area contributed by atoms with E-state index in [2.05, 4.69) is 4.98 Å². The zero-order valence-corrected chi connectivity index (χ0v) is 22.1. The summed E-state index contributed by atoms with van der Waals surface area (Å²) in [7, 11) is -4.00. The van der Waals surface area contributed by atoms with Crippen LogP contribution < -0.4 is 9.47 Å². The Morgan fingerprint density at radius 2 is 1.71 bits per heavy atom. The lowest BCUT2D eigenvalue weighted by Crippen LogP contribution is -2.12. The van der Waals surface area contributed by atoms with Gasteiger partial charge in [-0.25, -0.2) is 21.2 Å². The highest BCUT2D eigenvalue weighted by Gasteiger charge is 2.23. The molecule has 0 N–H and O–H groups in total. The number of halogens is 2. The van der Waals surface area contributed by atoms with Gasteiger partial charge in [-0.1, -0.05) is 17.7 Å². The Morgan fingerprint density at radius 3 is 2.39 bits per heavy atom. The Bertz CT molecular complexity index is 1580. The third kappa shape index (κ3) is 6.02. The van der Waals surface area contributed by atoms with E-state index in [1.54, 1.807) is 12.1 Å². The molecule has 10 heteroatoms. The van der Waals surface area contributed by atoms with Crippen molar-refractivity contribution in [2.45, 2.75) is 44.9 Å². The Kier molecular flexibility index (Phi) is 8.11. The van der Waals surface area contributed by atoms with Crippen LogP contribution in [-0.2, 0) is 21.2 Å². The van der Waals surface area contributed by atoms with Crippen LogP contribution in [0.1, 0.15) is 36.6 Å². The number of Topliss-reactive ketones (excluding diaryl/α,β-unsaturated/α-hetero) is 1. The van der Waals surface area contributed by atoms with Gasteiger partial charge >= 0.3 is 0 Å². The number of carbonyl (C=O) groups is 1. The molecule has 2 aromatic carbocycles. The summed E-state index contributed by atoms with van der Waals surface area (Å²) < 4.78 is 67.7. The van der Waals surface area contributed by atoms with Crippen molar-refractivity contribution in [2.24, 2.45) is 0 Å². The van der Waals surface area contributed by atoms with E-state index in [9.17, 15) is 17.6 Å². The van der Waals surface area contributed by atoms with Crippen LogP contribution in [0, 0.1) is 25.5 Å². The second-order valence-corrected chi connectivity index (χ2v) is 10.9. The van der Waals surface area contributed by atoms with Gasteiger partial charge in [0.2, 0.25) is 0 Å². The molecule has 0 saturated heterocycles. The van der Waals surface area contributed by atoms with Gasteiger partial charge in [0, 0.05) is 30.1 Å². The van der Waals surface area contributed by atoms with E-state index in [-0.39, 0.29) is 46.6 Å². The van der Waals surface area contributed by atoms with Gasteiger partial charge in [0.25, 0.3) is 10.0 Å². The number of pyridine rings is 1. The van der Waals surface area contributed by atoms with Crippen molar-refractivity contribution >= 4 is 26.7 Å². The van der Waals surface area contributed by atoms with Crippen LogP contribution in [0.2, 0.25) is 0 Å². The monoisotopic (exact) mass is 542 g/mol. The summed E-state index contributed by atoms with van der Waals surface area (Å²) >= 11 is 0. The maximum absolute atomic E-state index is 15.1. The number of benzene rings is 2. The molecule has 4 rings (SSSR count). The number of hydrogen-bond donors (Lipinski definition) is 0. The normalized spacial score (nSPS) is 11.6. The Labute approximate surface area is 220 Å². The number of carbonyl (C=O) groups excluding carboxylic acids is 1. The highest BCUT2D eigenvalue weighted by atomic mass is 32.2. The van der Waals surface area contributed by atoms with Crippen molar-refractivity contribution in [3.8, 4) is 11.5 Å². The van der Waals surface area contributed by atoms with E-state index < -0.39 is 21.7 Å². The molecule has 0 aliphatic heterocycles. The predicted molar refractivity (Wildman–Crippen MR) is 139 cm³/mol. The van der Waals surface area contributed by atoms with Crippen molar-refractivity contribution in [3.63, 3.8) is 0 Å². The fourth-order valence-corrected chi connectivity index (χ4v) is 5.39. The number of aryl methyl sites for hydroxylation is 3. The number of rotatable bonds is 11. The first-order valence-corrected chi connectivity index (χ1v) is 13.5. The Balaban J connectivity index is 1.62. The maximum atomic E-state index is 15.1. The summed E-state index contributed by atoms with van der Waals surface area (Å²) in [6.45, 7) is 4.85. The number of nitrogens with zero attached hydrogens (tertiary/aromatic N) is 2. The molecule has 0 aliphatic rings. The lowest BCUT2D eigenvalue weighted by atomic mass is 10.1. The second-order valence-electron chi connectivity index (χ2n) is 9.06. The zero-order chi connectivity index (χ0) is 27.4. The van der Waals surface area contributed by atoms with Crippen LogP contribution in [0.4, 0.5) is 8.78 Å². The topological polar surface area (TPSA) is 87.5 Å². The SMILES string of the molecule is CC(=O)CCCc1cn(S(=O)(=O)c2ccc(C)cc2)c2cc(F)c(OCCOc3cnc(C)c(F)c3)cc12. The molecular formula is C28H28F2N2O5S. The van der Waals surface area contributed by atoms with Gasteiger partial charge in [-0.2, -0.15) is 0 Å². The predicted octanol–water partition coefficient (Wildman–Crippen LogP) is 5.54. The molecule has 0 unspecified atom stereocenters. The molecule has 0 fully saturated rings. The molecular weight excluding hydrogens is 514 g/mol. The molecule has 2 heterocycles. The van der Waals surface area contributed by atoms with Gasteiger partial charge in [-0.15, -0.1) is 0 Å². The highest BCUT2D eigenvalue weighted by molar-refractivity contribution is 7.90. The molecule has 0 radical (unpaired) electrons. The minimum Gasteiger partial charge on any atom is -0.488 e. The quantitative estimate of drug-likeness (QED) is 0.231. The van der Waals surface area contributed by atoms with Gasteiger partial charge in [0.1, 0.15) is 30.6 Å². The molecule has 0 atom stereocenters. The minimum atomic E-state index is -4.00. The number of ketones is 1. The van der Waals surface area contributed by atoms with Crippen molar-refractivity contribution in [2.75, 3.05) is 13.2 Å². The lowest BCUT2D eigenvalue weighted by molar-refractivity contribution is -0.117.